The van der Waals surface area contributed by atoms with E-state index in [0.29, 0.717) is 24.1 Å². The van der Waals surface area contributed by atoms with Gasteiger partial charge >= 0.3 is 0 Å². The number of nitro benzene ring substituents is 1. The summed E-state index contributed by atoms with van der Waals surface area (Å²) < 4.78 is 1.85. The first-order valence-electron chi connectivity index (χ1n) is 10.4. The number of rotatable bonds is 7. The summed E-state index contributed by atoms with van der Waals surface area (Å²) in [5.41, 5.74) is 1.52. The monoisotopic (exact) mass is 446 g/mol. The number of likely N-dealkylation sites (tertiary alicyclic amines) is 1. The van der Waals surface area contributed by atoms with Gasteiger partial charge in [-0.15, -0.1) is 0 Å². The lowest BCUT2D eigenvalue weighted by atomic mass is 9.94. The second kappa shape index (κ2) is 9.07. The van der Waals surface area contributed by atoms with Gasteiger partial charge in [0.2, 0.25) is 0 Å². The van der Waals surface area contributed by atoms with Gasteiger partial charge in [0.15, 0.2) is 0 Å². The van der Waals surface area contributed by atoms with Gasteiger partial charge in [-0.1, -0.05) is 42.0 Å². The lowest BCUT2D eigenvalue weighted by Crippen LogP contribution is -2.31. The Hall–Kier alpha value is -4.27. The first kappa shape index (κ1) is 21.9. The molecule has 1 amide bonds. The minimum absolute atomic E-state index is 0.0769. The molecule has 0 radical (unpaired) electrons. The molecule has 1 N–H and O–H groups in total. The molecule has 1 saturated heterocycles. The fourth-order valence-corrected chi connectivity index (χ4v) is 3.98. The van der Waals surface area contributed by atoms with E-state index >= 15 is 0 Å². The highest BCUT2D eigenvalue weighted by Gasteiger charge is 2.46. The smallest absolute Gasteiger partial charge is 0.295 e. The van der Waals surface area contributed by atoms with Crippen molar-refractivity contribution in [2.24, 2.45) is 0 Å². The number of aromatic nitrogens is 2. The van der Waals surface area contributed by atoms with Gasteiger partial charge < -0.3 is 14.6 Å². The number of ketones is 1. The molecule has 0 aliphatic carbocycles. The summed E-state index contributed by atoms with van der Waals surface area (Å²) in [7, 11) is 0. The minimum atomic E-state index is -0.936. The standard InChI is InChI=1S/C24H22N4O5/c1-16-6-8-17(9-7-16)22(29)20-21(18-4-2-5-19(14-18)28(32)33)27(24(31)23(20)30)12-3-11-26-13-10-25-15-26/h2,4-10,13-15,21,29H,3,11-12H2,1H3/b22-20+/t21-/m0/s1. The van der Waals surface area contributed by atoms with Crippen LogP contribution >= 0.6 is 0 Å². The number of Topliss-reactive ketones (excluding diaryl/α,β-unsaturated/α-hetero) is 1. The number of carbonyl (C=O) groups is 2. The van der Waals surface area contributed by atoms with E-state index in [1.54, 1.807) is 49.1 Å². The Labute approximate surface area is 189 Å². The third-order valence-electron chi connectivity index (χ3n) is 5.64. The molecule has 0 unspecified atom stereocenters. The summed E-state index contributed by atoms with van der Waals surface area (Å²) >= 11 is 0. The molecule has 9 heteroatoms. The topological polar surface area (TPSA) is 119 Å². The van der Waals surface area contributed by atoms with E-state index in [1.807, 2.05) is 11.5 Å². The zero-order chi connectivity index (χ0) is 23.5. The number of imidazole rings is 1. The number of carbonyl (C=O) groups excluding carboxylic acids is 2. The first-order valence-corrected chi connectivity index (χ1v) is 10.4. The third kappa shape index (κ3) is 4.38. The number of benzene rings is 2. The molecule has 1 aliphatic rings. The second-order valence-corrected chi connectivity index (χ2v) is 7.86. The van der Waals surface area contributed by atoms with E-state index in [4.69, 9.17) is 0 Å². The highest BCUT2D eigenvalue weighted by Crippen LogP contribution is 2.40. The third-order valence-corrected chi connectivity index (χ3v) is 5.64. The molecule has 2 heterocycles. The fourth-order valence-electron chi connectivity index (χ4n) is 3.98. The molecular weight excluding hydrogens is 424 g/mol. The minimum Gasteiger partial charge on any atom is -0.507 e. The Balaban J connectivity index is 1.76. The van der Waals surface area contributed by atoms with Crippen molar-refractivity contribution in [2.75, 3.05) is 6.54 Å². The SMILES string of the molecule is Cc1ccc(/C(O)=C2\C(=O)C(=O)N(CCCn3ccnc3)[C@H]2c2cccc([N+](=O)[O-])c2)cc1. The lowest BCUT2D eigenvalue weighted by molar-refractivity contribution is -0.384. The van der Waals surface area contributed by atoms with Crippen LogP contribution in [0.15, 0.2) is 72.8 Å². The largest absolute Gasteiger partial charge is 0.507 e. The number of aliphatic hydroxyl groups is 1. The first-order chi connectivity index (χ1) is 15.9. The maximum Gasteiger partial charge on any atom is 0.295 e. The van der Waals surface area contributed by atoms with Crippen molar-refractivity contribution in [3.63, 3.8) is 0 Å². The molecule has 3 aromatic rings. The molecule has 1 atom stereocenters. The number of nitro groups is 1. The summed E-state index contributed by atoms with van der Waals surface area (Å²) in [6.07, 6.45) is 5.63. The van der Waals surface area contributed by atoms with E-state index in [-0.39, 0.29) is 23.6 Å². The van der Waals surface area contributed by atoms with Gasteiger partial charge in [0.1, 0.15) is 5.76 Å². The summed E-state index contributed by atoms with van der Waals surface area (Å²) in [5.74, 6) is -1.86. The van der Waals surface area contributed by atoms with E-state index < -0.39 is 22.7 Å². The van der Waals surface area contributed by atoms with Crippen molar-refractivity contribution in [1.29, 1.82) is 0 Å². The van der Waals surface area contributed by atoms with E-state index in [0.717, 1.165) is 5.56 Å². The highest BCUT2D eigenvalue weighted by atomic mass is 16.6. The Kier molecular flexibility index (Phi) is 6.03. The summed E-state index contributed by atoms with van der Waals surface area (Å²) in [6.45, 7) is 2.69. The maximum atomic E-state index is 13.0. The normalized spacial score (nSPS) is 17.5. The fraction of sp³-hybridized carbons (Fsp3) is 0.208. The molecule has 0 saturated carbocycles. The Morgan fingerprint density at radius 1 is 1.15 bits per heavy atom. The molecule has 1 aromatic heterocycles. The van der Waals surface area contributed by atoms with E-state index in [9.17, 15) is 24.8 Å². The van der Waals surface area contributed by atoms with E-state index in [2.05, 4.69) is 4.98 Å². The summed E-state index contributed by atoms with van der Waals surface area (Å²) in [5, 5.41) is 22.4. The number of non-ortho nitro benzene ring substituents is 1. The number of hydrogen-bond acceptors (Lipinski definition) is 6. The number of hydrogen-bond donors (Lipinski definition) is 1. The predicted molar refractivity (Wildman–Crippen MR) is 120 cm³/mol. The molecule has 1 fully saturated rings. The van der Waals surface area contributed by atoms with Crippen LogP contribution < -0.4 is 0 Å². The molecule has 0 bridgehead atoms. The average Bonchev–Trinajstić information content (AvgIpc) is 3.41. The van der Waals surface area contributed by atoms with Crippen molar-refractivity contribution >= 4 is 23.1 Å². The van der Waals surface area contributed by atoms with Crippen LogP contribution in [0.5, 0.6) is 0 Å². The van der Waals surface area contributed by atoms with Crippen molar-refractivity contribution in [1.82, 2.24) is 14.5 Å². The highest BCUT2D eigenvalue weighted by molar-refractivity contribution is 6.46. The van der Waals surface area contributed by atoms with Gasteiger partial charge in [-0.25, -0.2) is 4.98 Å². The van der Waals surface area contributed by atoms with Crippen LogP contribution in [-0.2, 0) is 16.1 Å². The zero-order valence-electron chi connectivity index (χ0n) is 17.9. The molecule has 168 valence electrons. The van der Waals surface area contributed by atoms with Gasteiger partial charge in [0.05, 0.1) is 22.9 Å². The van der Waals surface area contributed by atoms with E-state index in [1.165, 1.54) is 23.1 Å². The molecule has 4 rings (SSSR count). The van der Waals surface area contributed by atoms with Gasteiger partial charge in [0.25, 0.3) is 17.4 Å². The van der Waals surface area contributed by atoms with Crippen molar-refractivity contribution < 1.29 is 19.6 Å². The van der Waals surface area contributed by atoms with Crippen LogP contribution in [0.3, 0.4) is 0 Å². The van der Waals surface area contributed by atoms with Crippen molar-refractivity contribution in [3.05, 3.63) is 99.6 Å². The predicted octanol–water partition coefficient (Wildman–Crippen LogP) is 3.61. The second-order valence-electron chi connectivity index (χ2n) is 7.86. The Morgan fingerprint density at radius 2 is 1.91 bits per heavy atom. The Morgan fingerprint density at radius 3 is 2.58 bits per heavy atom. The zero-order valence-corrected chi connectivity index (χ0v) is 17.9. The lowest BCUT2D eigenvalue weighted by Gasteiger charge is -2.25. The van der Waals surface area contributed by atoms with Gasteiger partial charge in [-0.3, -0.25) is 19.7 Å². The summed E-state index contributed by atoms with van der Waals surface area (Å²) in [4.78, 5) is 42.2. The summed E-state index contributed by atoms with van der Waals surface area (Å²) in [6, 6.07) is 11.8. The van der Waals surface area contributed by atoms with Crippen LogP contribution in [0.25, 0.3) is 5.76 Å². The van der Waals surface area contributed by atoms with Crippen molar-refractivity contribution in [3.8, 4) is 0 Å². The van der Waals surface area contributed by atoms with Crippen LogP contribution in [-0.4, -0.2) is 42.7 Å². The molecule has 1 aliphatic heterocycles. The average molecular weight is 446 g/mol. The molecule has 33 heavy (non-hydrogen) atoms. The molecule has 9 nitrogen and oxygen atoms in total. The van der Waals surface area contributed by atoms with Gasteiger partial charge in [0, 0.05) is 43.2 Å². The molecular formula is C24H22N4O5. The van der Waals surface area contributed by atoms with Crippen molar-refractivity contribution in [2.45, 2.75) is 25.9 Å². The van der Waals surface area contributed by atoms with Crippen LogP contribution in [0.4, 0.5) is 5.69 Å². The van der Waals surface area contributed by atoms with Crippen LogP contribution in [0.2, 0.25) is 0 Å². The quantitative estimate of drug-likeness (QED) is 0.195. The number of aliphatic hydroxyl groups excluding tert-OH is 1. The van der Waals surface area contributed by atoms with Gasteiger partial charge in [-0.05, 0) is 18.9 Å². The van der Waals surface area contributed by atoms with Crippen LogP contribution in [0.1, 0.15) is 29.2 Å². The number of amides is 1. The van der Waals surface area contributed by atoms with Gasteiger partial charge in [-0.2, -0.15) is 0 Å². The number of aryl methyl sites for hydroxylation is 2. The Bertz CT molecular complexity index is 1230. The maximum absolute atomic E-state index is 13.0. The number of nitrogens with zero attached hydrogens (tertiary/aromatic N) is 4. The molecule has 0 spiro atoms. The van der Waals surface area contributed by atoms with Crippen LogP contribution in [0, 0.1) is 17.0 Å². The molecule has 2 aromatic carbocycles.